The maximum absolute atomic E-state index is 13.5. The van der Waals surface area contributed by atoms with E-state index in [4.69, 9.17) is 5.73 Å². The number of carbonyl (C=O) groups excluding carboxylic acids is 1. The molecule has 0 radical (unpaired) electrons. The van der Waals surface area contributed by atoms with Crippen LogP contribution in [0, 0.1) is 5.92 Å². The number of ether oxygens (including phenoxy) is 1. The molecule has 0 amide bonds. The van der Waals surface area contributed by atoms with Crippen LogP contribution < -0.4 is 5.73 Å². The average Bonchev–Trinajstić information content (AvgIpc) is 2.18. The molecule has 3 nitrogen and oxygen atoms in total. The Morgan fingerprint density at radius 3 is 2.73 bits per heavy atom. The molecule has 88 valence electrons. The van der Waals surface area contributed by atoms with Gasteiger partial charge in [-0.1, -0.05) is 6.42 Å². The molecule has 0 bridgehead atoms. The Kier molecular flexibility index (Phi) is 4.02. The van der Waals surface area contributed by atoms with E-state index in [1.165, 1.54) is 6.92 Å². The lowest BCUT2D eigenvalue weighted by Gasteiger charge is -2.31. The van der Waals surface area contributed by atoms with Crippen molar-refractivity contribution in [3.63, 3.8) is 0 Å². The summed E-state index contributed by atoms with van der Waals surface area (Å²) in [5.41, 5.74) is 5.61. The maximum atomic E-state index is 13.5. The fraction of sp³-hybridized carbons (Fsp3) is 0.900. The largest absolute Gasteiger partial charge is 0.462 e. The van der Waals surface area contributed by atoms with Gasteiger partial charge in [0.05, 0.1) is 6.61 Å². The molecule has 0 heterocycles. The topological polar surface area (TPSA) is 52.3 Å². The van der Waals surface area contributed by atoms with Gasteiger partial charge in [-0.2, -0.15) is 8.78 Å². The van der Waals surface area contributed by atoms with E-state index in [-0.39, 0.29) is 19.1 Å². The Balaban J connectivity index is 2.62. The molecule has 1 rings (SSSR count). The van der Waals surface area contributed by atoms with Crippen molar-refractivity contribution in [2.45, 2.75) is 44.6 Å². The molecule has 2 unspecified atom stereocenters. The summed E-state index contributed by atoms with van der Waals surface area (Å²) in [5.74, 6) is -5.75. The highest BCUT2D eigenvalue weighted by atomic mass is 19.3. The van der Waals surface area contributed by atoms with Gasteiger partial charge >= 0.3 is 11.9 Å². The number of esters is 1. The van der Waals surface area contributed by atoms with Crippen LogP contribution in [0.25, 0.3) is 0 Å². The van der Waals surface area contributed by atoms with Crippen molar-refractivity contribution in [3.8, 4) is 0 Å². The minimum absolute atomic E-state index is 0.0206. The summed E-state index contributed by atoms with van der Waals surface area (Å²) < 4.78 is 31.4. The molecule has 0 aromatic carbocycles. The third-order valence-electron chi connectivity index (χ3n) is 2.78. The van der Waals surface area contributed by atoms with E-state index in [1.54, 1.807) is 0 Å². The molecule has 0 spiro atoms. The number of carbonyl (C=O) groups is 1. The highest BCUT2D eigenvalue weighted by Gasteiger charge is 2.49. The van der Waals surface area contributed by atoms with Crippen LogP contribution in [0.3, 0.4) is 0 Å². The standard InChI is InChI=1S/C10H17F2NO2/c1-2-15-9(14)10(11,12)7-4-3-5-8(13)6-7/h7-8H,2-6,13H2,1H3. The molecule has 2 atom stereocenters. The molecule has 0 saturated heterocycles. The molecule has 0 aromatic rings. The van der Waals surface area contributed by atoms with Crippen LogP contribution in [0.4, 0.5) is 8.78 Å². The lowest BCUT2D eigenvalue weighted by molar-refractivity contribution is -0.182. The Morgan fingerprint density at radius 2 is 2.20 bits per heavy atom. The maximum Gasteiger partial charge on any atom is 0.377 e. The van der Waals surface area contributed by atoms with Crippen LogP contribution in [0.15, 0.2) is 0 Å². The van der Waals surface area contributed by atoms with E-state index in [1.807, 2.05) is 0 Å². The van der Waals surface area contributed by atoms with Gasteiger partial charge in [-0.05, 0) is 26.2 Å². The quantitative estimate of drug-likeness (QED) is 0.738. The summed E-state index contributed by atoms with van der Waals surface area (Å²) in [4.78, 5) is 11.1. The zero-order chi connectivity index (χ0) is 11.5. The molecular formula is C10H17F2NO2. The fourth-order valence-electron chi connectivity index (χ4n) is 1.95. The Labute approximate surface area is 88.0 Å². The van der Waals surface area contributed by atoms with Crippen molar-refractivity contribution in [1.29, 1.82) is 0 Å². The Hall–Kier alpha value is -0.710. The van der Waals surface area contributed by atoms with E-state index >= 15 is 0 Å². The predicted octanol–water partition coefficient (Wildman–Crippen LogP) is 1.70. The van der Waals surface area contributed by atoms with Crippen molar-refractivity contribution in [2.75, 3.05) is 6.61 Å². The first kappa shape index (κ1) is 12.4. The molecule has 15 heavy (non-hydrogen) atoms. The third-order valence-corrected chi connectivity index (χ3v) is 2.78. The van der Waals surface area contributed by atoms with Crippen LogP contribution in [0.2, 0.25) is 0 Å². The number of rotatable bonds is 3. The second kappa shape index (κ2) is 4.88. The van der Waals surface area contributed by atoms with Crippen LogP contribution in [-0.2, 0) is 9.53 Å². The van der Waals surface area contributed by atoms with Crippen LogP contribution in [-0.4, -0.2) is 24.5 Å². The van der Waals surface area contributed by atoms with Gasteiger partial charge in [0.1, 0.15) is 0 Å². The molecule has 0 aromatic heterocycles. The number of hydrogen-bond donors (Lipinski definition) is 1. The first-order chi connectivity index (χ1) is 6.98. The molecule has 5 heteroatoms. The van der Waals surface area contributed by atoms with Gasteiger partial charge in [-0.15, -0.1) is 0 Å². The van der Waals surface area contributed by atoms with Gasteiger partial charge in [0.2, 0.25) is 0 Å². The van der Waals surface area contributed by atoms with E-state index in [2.05, 4.69) is 4.74 Å². The van der Waals surface area contributed by atoms with Crippen LogP contribution >= 0.6 is 0 Å². The molecular weight excluding hydrogens is 204 g/mol. The number of alkyl halides is 2. The van der Waals surface area contributed by atoms with Crippen molar-refractivity contribution >= 4 is 5.97 Å². The van der Waals surface area contributed by atoms with Crippen molar-refractivity contribution in [1.82, 2.24) is 0 Å². The van der Waals surface area contributed by atoms with Crippen LogP contribution in [0.5, 0.6) is 0 Å². The monoisotopic (exact) mass is 221 g/mol. The Bertz CT molecular complexity index is 233. The summed E-state index contributed by atoms with van der Waals surface area (Å²) >= 11 is 0. The summed E-state index contributed by atoms with van der Waals surface area (Å²) in [5, 5.41) is 0. The summed E-state index contributed by atoms with van der Waals surface area (Å²) in [6, 6.07) is -0.218. The predicted molar refractivity (Wildman–Crippen MR) is 51.5 cm³/mol. The number of halogens is 2. The van der Waals surface area contributed by atoms with E-state index < -0.39 is 17.8 Å². The minimum atomic E-state index is -3.38. The zero-order valence-corrected chi connectivity index (χ0v) is 8.84. The normalized spacial score (nSPS) is 27.5. The SMILES string of the molecule is CCOC(=O)C(F)(F)C1CCCC(N)C1. The van der Waals surface area contributed by atoms with Crippen LogP contribution in [0.1, 0.15) is 32.6 Å². The lowest BCUT2D eigenvalue weighted by atomic mass is 9.82. The van der Waals surface area contributed by atoms with E-state index in [0.717, 1.165) is 6.42 Å². The van der Waals surface area contributed by atoms with Gasteiger partial charge < -0.3 is 10.5 Å². The van der Waals surface area contributed by atoms with Gasteiger partial charge in [0.25, 0.3) is 0 Å². The zero-order valence-electron chi connectivity index (χ0n) is 8.84. The highest BCUT2D eigenvalue weighted by Crippen LogP contribution is 2.36. The molecule has 1 aliphatic rings. The number of hydrogen-bond acceptors (Lipinski definition) is 3. The van der Waals surface area contributed by atoms with Crippen molar-refractivity contribution in [2.24, 2.45) is 11.7 Å². The average molecular weight is 221 g/mol. The van der Waals surface area contributed by atoms with Gasteiger partial charge in [0.15, 0.2) is 0 Å². The smallest absolute Gasteiger partial charge is 0.377 e. The van der Waals surface area contributed by atoms with Gasteiger partial charge in [0, 0.05) is 12.0 Å². The van der Waals surface area contributed by atoms with Crippen molar-refractivity contribution < 1.29 is 18.3 Å². The fourth-order valence-corrected chi connectivity index (χ4v) is 1.95. The van der Waals surface area contributed by atoms with E-state index in [9.17, 15) is 13.6 Å². The van der Waals surface area contributed by atoms with E-state index in [0.29, 0.717) is 12.8 Å². The number of nitrogens with two attached hydrogens (primary N) is 1. The molecule has 1 fully saturated rings. The third kappa shape index (κ3) is 2.87. The molecule has 1 saturated carbocycles. The molecule has 2 N–H and O–H groups in total. The second-order valence-corrected chi connectivity index (χ2v) is 3.97. The molecule has 0 aliphatic heterocycles. The highest BCUT2D eigenvalue weighted by molar-refractivity contribution is 5.77. The van der Waals surface area contributed by atoms with Gasteiger partial charge in [-0.3, -0.25) is 0 Å². The minimum Gasteiger partial charge on any atom is -0.462 e. The first-order valence-electron chi connectivity index (χ1n) is 5.29. The summed E-state index contributed by atoms with van der Waals surface area (Å²) in [7, 11) is 0. The molecule has 1 aliphatic carbocycles. The second-order valence-electron chi connectivity index (χ2n) is 3.97. The van der Waals surface area contributed by atoms with Crippen molar-refractivity contribution in [3.05, 3.63) is 0 Å². The van der Waals surface area contributed by atoms with Gasteiger partial charge in [-0.25, -0.2) is 4.79 Å². The lowest BCUT2D eigenvalue weighted by Crippen LogP contribution is -2.43. The summed E-state index contributed by atoms with van der Waals surface area (Å²) in [6.45, 7) is 1.49. The first-order valence-corrected chi connectivity index (χ1v) is 5.29. The summed E-state index contributed by atoms with van der Waals surface area (Å²) in [6.07, 6.45) is 1.96. The Morgan fingerprint density at radius 1 is 1.53 bits per heavy atom.